The van der Waals surface area contributed by atoms with Gasteiger partial charge < -0.3 is 29.7 Å². The molecule has 0 spiro atoms. The number of fused-ring (bicyclic) bond motifs is 2. The molecule has 10 rings (SSSR count). The number of carbonyl (C=O) groups excluding carboxylic acids is 2. The number of benzene rings is 2. The zero-order valence-corrected chi connectivity index (χ0v) is 43.8. The van der Waals surface area contributed by atoms with E-state index in [0.29, 0.717) is 77.0 Å². The fraction of sp³-hybridized carbons (Fsp3) is 0.545. The summed E-state index contributed by atoms with van der Waals surface area (Å²) < 4.78 is 39.9. The molecule has 4 aliphatic heterocycles. The number of aryl methyl sites for hydroxylation is 2. The van der Waals surface area contributed by atoms with Gasteiger partial charge in [0.05, 0.1) is 34.9 Å². The fourth-order valence-corrected chi connectivity index (χ4v) is 13.3. The van der Waals surface area contributed by atoms with E-state index in [1.165, 1.54) is 0 Å². The number of halogens is 3. The smallest absolute Gasteiger partial charge is 0.264 e. The minimum atomic E-state index is -2.66. The summed E-state index contributed by atoms with van der Waals surface area (Å²) in [6, 6.07) is 11.2. The van der Waals surface area contributed by atoms with Gasteiger partial charge >= 0.3 is 0 Å². The van der Waals surface area contributed by atoms with Crippen LogP contribution in [0.1, 0.15) is 131 Å². The topological polar surface area (TPSA) is 154 Å². The van der Waals surface area contributed by atoms with Crippen LogP contribution in [0.15, 0.2) is 55.1 Å². The fourth-order valence-electron chi connectivity index (χ4n) is 13.1. The van der Waals surface area contributed by atoms with Crippen molar-refractivity contribution in [2.75, 3.05) is 49.1 Å². The molecule has 7 heterocycles. The number of carbonyl (C=O) groups is 2. The van der Waals surface area contributed by atoms with E-state index in [-0.39, 0.29) is 35.6 Å². The number of aromatic nitrogens is 6. The quantitative estimate of drug-likeness (QED) is 0.127. The highest BCUT2D eigenvalue weighted by molar-refractivity contribution is 6.31. The predicted molar refractivity (Wildman–Crippen MR) is 276 cm³/mol. The molecule has 73 heavy (non-hydrogen) atoms. The van der Waals surface area contributed by atoms with Crippen molar-refractivity contribution in [3.8, 4) is 22.9 Å². The van der Waals surface area contributed by atoms with Crippen molar-refractivity contribution in [3.05, 3.63) is 93.7 Å². The molecular formula is C55H67ClF2N12O3. The van der Waals surface area contributed by atoms with Gasteiger partial charge in [-0.05, 0) is 93.2 Å². The first-order valence-corrected chi connectivity index (χ1v) is 26.3. The molecule has 5 aromatic rings. The molecule has 2 amide bonds. The van der Waals surface area contributed by atoms with Crippen LogP contribution in [0.25, 0.3) is 11.1 Å². The Morgan fingerprint density at radius 2 is 1.68 bits per heavy atom. The monoisotopic (exact) mass is 1020 g/mol. The Morgan fingerprint density at radius 1 is 0.959 bits per heavy atom. The Kier molecular flexibility index (Phi) is 13.8. The lowest BCUT2D eigenvalue weighted by Crippen LogP contribution is -2.74. The molecule has 1 atom stereocenters. The van der Waals surface area contributed by atoms with E-state index in [9.17, 15) is 23.6 Å². The lowest BCUT2D eigenvalue weighted by molar-refractivity contribution is -0.164. The average Bonchev–Trinajstić information content (AvgIpc) is 4.00. The molecule has 1 saturated carbocycles. The van der Waals surface area contributed by atoms with Crippen LogP contribution in [0.2, 0.25) is 5.02 Å². The number of nitrogens with one attached hydrogen (secondary N) is 1. The van der Waals surface area contributed by atoms with Gasteiger partial charge in [0.2, 0.25) is 11.9 Å². The normalized spacial score (nSPS) is 21.5. The summed E-state index contributed by atoms with van der Waals surface area (Å²) in [6.45, 7) is 17.7. The molecule has 18 heteroatoms. The third-order valence-electron chi connectivity index (χ3n) is 16.8. The van der Waals surface area contributed by atoms with Crippen molar-refractivity contribution in [1.82, 2.24) is 44.6 Å². The molecule has 386 valence electrons. The zero-order valence-electron chi connectivity index (χ0n) is 43.0. The Balaban J connectivity index is 0.737. The molecule has 1 N–H and O–H groups in total. The Morgan fingerprint density at radius 3 is 2.33 bits per heavy atom. The molecule has 1 unspecified atom stereocenters. The highest BCUT2D eigenvalue weighted by Gasteiger charge is 2.64. The van der Waals surface area contributed by atoms with E-state index < -0.39 is 17.3 Å². The van der Waals surface area contributed by atoms with Gasteiger partial charge in [-0.2, -0.15) is 15.5 Å². The maximum Gasteiger partial charge on any atom is 0.264 e. The Hall–Kier alpha value is -6.12. The van der Waals surface area contributed by atoms with Gasteiger partial charge in [0, 0.05) is 135 Å². The van der Waals surface area contributed by atoms with Crippen molar-refractivity contribution in [1.29, 1.82) is 5.26 Å². The predicted octanol–water partition coefficient (Wildman–Crippen LogP) is 9.47. The first-order chi connectivity index (χ1) is 34.9. The maximum absolute atomic E-state index is 14.8. The number of amides is 2. The van der Waals surface area contributed by atoms with Gasteiger partial charge in [0.15, 0.2) is 5.82 Å². The van der Waals surface area contributed by atoms with Crippen LogP contribution in [0.4, 0.5) is 26.2 Å². The number of nitriles is 1. The maximum atomic E-state index is 14.8. The molecule has 2 aromatic carbocycles. The van der Waals surface area contributed by atoms with Crippen molar-refractivity contribution in [2.45, 2.75) is 130 Å². The van der Waals surface area contributed by atoms with Crippen LogP contribution in [-0.2, 0) is 31.2 Å². The summed E-state index contributed by atoms with van der Waals surface area (Å²) in [6.07, 6.45) is 11.3. The van der Waals surface area contributed by atoms with Gasteiger partial charge in [-0.15, -0.1) is 0 Å². The van der Waals surface area contributed by atoms with Crippen LogP contribution >= 0.6 is 11.6 Å². The minimum Gasteiger partial charge on any atom is -0.489 e. The number of hydrogen-bond donors (Lipinski definition) is 1. The number of anilines is 3. The van der Waals surface area contributed by atoms with Gasteiger partial charge in [0.1, 0.15) is 17.9 Å². The molecular weight excluding hydrogens is 950 g/mol. The summed E-state index contributed by atoms with van der Waals surface area (Å²) in [4.78, 5) is 44.5. The van der Waals surface area contributed by atoms with E-state index >= 15 is 0 Å². The van der Waals surface area contributed by atoms with Crippen molar-refractivity contribution >= 4 is 40.9 Å². The molecule has 3 aromatic heterocycles. The second kappa shape index (κ2) is 20.0. The lowest BCUT2D eigenvalue weighted by Gasteiger charge is -2.63. The van der Waals surface area contributed by atoms with Crippen molar-refractivity contribution < 1.29 is 23.1 Å². The highest BCUT2D eigenvalue weighted by atomic mass is 35.5. The summed E-state index contributed by atoms with van der Waals surface area (Å²) in [7, 11) is 1.79. The third kappa shape index (κ3) is 9.65. The van der Waals surface area contributed by atoms with E-state index in [0.717, 1.165) is 99.5 Å². The molecule has 1 aliphatic carbocycles. The van der Waals surface area contributed by atoms with E-state index in [1.54, 1.807) is 67.7 Å². The summed E-state index contributed by atoms with van der Waals surface area (Å²) in [5, 5.41) is 22.5. The number of piperidine rings is 2. The summed E-state index contributed by atoms with van der Waals surface area (Å²) in [5.74, 6) is 2.39. The van der Waals surface area contributed by atoms with Gasteiger partial charge in [-0.25, -0.2) is 18.7 Å². The number of alkyl halides is 2. The number of nitrogens with zero attached hydrogens (tertiary/aromatic N) is 11. The summed E-state index contributed by atoms with van der Waals surface area (Å²) in [5.41, 5.74) is 5.18. The molecule has 2 saturated heterocycles. The SMILES string of the molecule is CC(=O)N1CCc2c(c(N3CCCc4cc(-c5cnn(C)c5)c(C(F)F)cc43)nn2C2CCN(C(C)CC3CCN(c4ncc(C(=O)NC5C(C)(C)C(Oc6ccc(C#N)c(Cl)c6)C5(C)C)cn4)CC3)CC2)C1. The standard InChI is InChI=1S/C55H67ClF2N12O3/c1-33(23-35-12-18-67(19-13-35)53-60-28-38(29-61-53)50(72)63-51-54(3,4)52(55(51,5)6)73-41-11-10-37(27-59)45(56)25-41)66-20-14-40(15-21-66)70-46-16-22-68(34(2)71)32-44(46)49(64-70)69-17-8-9-36-24-42(39-30-62-65(7)31-39)43(48(57)58)26-47(36)69/h10-11,24-26,28-31,33,35,40,48,51-52H,8-9,12-23,32H2,1-7H3,(H,63,72). The minimum absolute atomic E-state index is 0.0126. The number of rotatable bonds is 12. The number of hydrogen-bond acceptors (Lipinski definition) is 11. The second-order valence-electron chi connectivity index (χ2n) is 22.3. The Labute approximate surface area is 431 Å². The van der Waals surface area contributed by atoms with Crippen LogP contribution in [0.5, 0.6) is 5.75 Å². The van der Waals surface area contributed by atoms with Crippen LogP contribution < -0.4 is 19.9 Å². The molecule has 15 nitrogen and oxygen atoms in total. The molecule has 0 radical (unpaired) electrons. The number of likely N-dealkylation sites (tertiary alicyclic amines) is 1. The van der Waals surface area contributed by atoms with Crippen molar-refractivity contribution in [3.63, 3.8) is 0 Å². The van der Waals surface area contributed by atoms with Crippen LogP contribution in [0.3, 0.4) is 0 Å². The van der Waals surface area contributed by atoms with Crippen LogP contribution in [-0.4, -0.2) is 109 Å². The third-order valence-corrected chi connectivity index (χ3v) is 17.1. The number of ether oxygens (including phenoxy) is 1. The molecule has 0 bridgehead atoms. The largest absolute Gasteiger partial charge is 0.489 e. The second-order valence-corrected chi connectivity index (χ2v) is 22.7. The van der Waals surface area contributed by atoms with E-state index in [4.69, 9.17) is 21.4 Å². The van der Waals surface area contributed by atoms with Gasteiger partial charge in [0.25, 0.3) is 12.3 Å². The Bertz CT molecular complexity index is 2900. The zero-order chi connectivity index (χ0) is 51.5. The van der Waals surface area contributed by atoms with Gasteiger partial charge in [-0.1, -0.05) is 39.3 Å². The average molecular weight is 1020 g/mol. The van der Waals surface area contributed by atoms with Gasteiger partial charge in [-0.3, -0.25) is 19.0 Å². The lowest BCUT2D eigenvalue weighted by atomic mass is 9.49. The molecule has 3 fully saturated rings. The molecule has 5 aliphatic rings. The van der Waals surface area contributed by atoms with Crippen molar-refractivity contribution in [2.24, 2.45) is 23.8 Å². The highest BCUT2D eigenvalue weighted by Crippen LogP contribution is 2.56. The van der Waals surface area contributed by atoms with Crippen LogP contribution in [0, 0.1) is 28.1 Å². The first-order valence-electron chi connectivity index (χ1n) is 26.0. The van der Waals surface area contributed by atoms with E-state index in [1.807, 2.05) is 11.0 Å². The summed E-state index contributed by atoms with van der Waals surface area (Å²) >= 11 is 6.28. The van der Waals surface area contributed by atoms with E-state index in [2.05, 4.69) is 80.5 Å². The first kappa shape index (κ1) is 50.4.